The summed E-state index contributed by atoms with van der Waals surface area (Å²) < 4.78 is 13.6. The van der Waals surface area contributed by atoms with Crippen molar-refractivity contribution in [3.63, 3.8) is 0 Å². The highest BCUT2D eigenvalue weighted by Gasteiger charge is 2.41. The molecule has 0 radical (unpaired) electrons. The lowest BCUT2D eigenvalue weighted by Crippen LogP contribution is -2.57. The fourth-order valence-electron chi connectivity index (χ4n) is 5.35. The zero-order chi connectivity index (χ0) is 27.4. The SMILES string of the molecule is CN[C@@H](C)C(=O)N[C@H](C(=O)N1CCC[C@H]1c1nc(C(=O)c2cccc(F)c2)cs1)C1CCN(C(C)C)CC1. The molecule has 10 heteroatoms. The molecular weight excluding hydrogens is 505 g/mol. The highest BCUT2D eigenvalue weighted by molar-refractivity contribution is 7.10. The minimum absolute atomic E-state index is 0.0492. The van der Waals surface area contributed by atoms with Gasteiger partial charge in [-0.3, -0.25) is 14.4 Å². The number of carbonyl (C=O) groups is 3. The van der Waals surface area contributed by atoms with Crippen molar-refractivity contribution in [1.29, 1.82) is 0 Å². The molecule has 2 N–H and O–H groups in total. The molecule has 1 aromatic carbocycles. The van der Waals surface area contributed by atoms with Crippen LogP contribution in [-0.4, -0.2) is 77.2 Å². The second kappa shape index (κ2) is 12.4. The average Bonchev–Trinajstić information content (AvgIpc) is 3.60. The van der Waals surface area contributed by atoms with Crippen molar-refractivity contribution < 1.29 is 18.8 Å². The van der Waals surface area contributed by atoms with E-state index in [1.54, 1.807) is 25.4 Å². The number of likely N-dealkylation sites (N-methyl/N-ethyl adjacent to an activating group) is 1. The number of amides is 2. The summed E-state index contributed by atoms with van der Waals surface area (Å²) >= 11 is 1.34. The van der Waals surface area contributed by atoms with Gasteiger partial charge in [0.15, 0.2) is 0 Å². The molecule has 0 spiro atoms. The summed E-state index contributed by atoms with van der Waals surface area (Å²) in [7, 11) is 1.73. The molecule has 2 aromatic rings. The van der Waals surface area contributed by atoms with E-state index >= 15 is 0 Å². The molecule has 3 atom stereocenters. The Morgan fingerprint density at radius 2 is 1.84 bits per heavy atom. The van der Waals surface area contributed by atoms with Gasteiger partial charge in [0, 0.05) is 23.5 Å². The number of hydrogen-bond donors (Lipinski definition) is 2. The summed E-state index contributed by atoms with van der Waals surface area (Å²) in [6.07, 6.45) is 3.24. The molecule has 2 saturated heterocycles. The van der Waals surface area contributed by atoms with E-state index in [9.17, 15) is 18.8 Å². The van der Waals surface area contributed by atoms with Gasteiger partial charge in [-0.15, -0.1) is 11.3 Å². The third-order valence-corrected chi connectivity index (χ3v) is 8.77. The van der Waals surface area contributed by atoms with E-state index in [0.29, 0.717) is 17.6 Å². The molecule has 0 saturated carbocycles. The molecule has 0 unspecified atom stereocenters. The van der Waals surface area contributed by atoms with Crippen LogP contribution in [-0.2, 0) is 9.59 Å². The number of hydrogen-bond acceptors (Lipinski definition) is 7. The van der Waals surface area contributed by atoms with Crippen molar-refractivity contribution in [1.82, 2.24) is 25.4 Å². The normalized spacial score (nSPS) is 20.5. The van der Waals surface area contributed by atoms with E-state index in [1.807, 2.05) is 4.90 Å². The molecule has 3 heterocycles. The van der Waals surface area contributed by atoms with Crippen molar-refractivity contribution in [2.24, 2.45) is 5.92 Å². The highest BCUT2D eigenvalue weighted by Crippen LogP contribution is 2.36. The van der Waals surface area contributed by atoms with E-state index in [4.69, 9.17) is 0 Å². The van der Waals surface area contributed by atoms with E-state index in [2.05, 4.69) is 34.4 Å². The van der Waals surface area contributed by atoms with Crippen molar-refractivity contribution in [2.45, 2.75) is 70.6 Å². The van der Waals surface area contributed by atoms with Crippen LogP contribution < -0.4 is 10.6 Å². The van der Waals surface area contributed by atoms with Gasteiger partial charge in [0.05, 0.1) is 12.1 Å². The first-order valence-electron chi connectivity index (χ1n) is 13.5. The Hall–Kier alpha value is -2.69. The van der Waals surface area contributed by atoms with Crippen LogP contribution in [0.2, 0.25) is 0 Å². The molecule has 8 nitrogen and oxygen atoms in total. The van der Waals surface area contributed by atoms with Gasteiger partial charge in [0.1, 0.15) is 22.6 Å². The molecule has 0 bridgehead atoms. The van der Waals surface area contributed by atoms with Gasteiger partial charge in [-0.1, -0.05) is 12.1 Å². The van der Waals surface area contributed by atoms with Crippen LogP contribution in [0.15, 0.2) is 29.6 Å². The van der Waals surface area contributed by atoms with Crippen LogP contribution in [0.4, 0.5) is 4.39 Å². The predicted molar refractivity (Wildman–Crippen MR) is 146 cm³/mol. The fourth-order valence-corrected chi connectivity index (χ4v) is 6.29. The first-order valence-corrected chi connectivity index (χ1v) is 14.4. The fraction of sp³-hybridized carbons (Fsp3) is 0.571. The molecule has 2 aliphatic rings. The molecule has 38 heavy (non-hydrogen) atoms. The number of nitrogens with zero attached hydrogens (tertiary/aromatic N) is 3. The maximum atomic E-state index is 14.0. The minimum Gasteiger partial charge on any atom is -0.343 e. The van der Waals surface area contributed by atoms with Gasteiger partial charge < -0.3 is 20.4 Å². The van der Waals surface area contributed by atoms with Gasteiger partial charge >= 0.3 is 0 Å². The lowest BCUT2D eigenvalue weighted by Gasteiger charge is -2.39. The molecule has 2 fully saturated rings. The number of likely N-dealkylation sites (tertiary alicyclic amines) is 2. The standard InChI is InChI=1S/C28H38FN5O3S/c1-17(2)33-13-10-19(11-14-33)24(32-26(36)18(3)30-4)28(37)34-12-6-9-23(34)27-31-22(16-38-27)25(35)20-7-5-8-21(29)15-20/h5,7-8,15-19,23-24,30H,6,9-14H2,1-4H3,(H,32,36)/t18-,23-,24-/m0/s1. The molecule has 4 rings (SSSR count). The maximum Gasteiger partial charge on any atom is 0.246 e. The lowest BCUT2D eigenvalue weighted by molar-refractivity contribution is -0.139. The highest BCUT2D eigenvalue weighted by atomic mass is 32.1. The Labute approximate surface area is 228 Å². The summed E-state index contributed by atoms with van der Waals surface area (Å²) in [5, 5.41) is 8.40. The number of benzene rings is 1. The van der Waals surface area contributed by atoms with Gasteiger partial charge in [-0.2, -0.15) is 0 Å². The number of rotatable bonds is 9. The third kappa shape index (κ3) is 6.30. The molecule has 206 valence electrons. The number of halogens is 1. The van der Waals surface area contributed by atoms with Gasteiger partial charge in [0.2, 0.25) is 17.6 Å². The zero-order valence-corrected chi connectivity index (χ0v) is 23.4. The number of piperidine rings is 1. The van der Waals surface area contributed by atoms with Gasteiger partial charge in [-0.25, -0.2) is 9.37 Å². The second-order valence-corrected chi connectivity index (χ2v) is 11.5. The van der Waals surface area contributed by atoms with Crippen LogP contribution in [0, 0.1) is 11.7 Å². The Balaban J connectivity index is 1.53. The van der Waals surface area contributed by atoms with Crippen molar-refractivity contribution in [3.05, 3.63) is 51.7 Å². The maximum absolute atomic E-state index is 14.0. The molecule has 2 aliphatic heterocycles. The van der Waals surface area contributed by atoms with Crippen LogP contribution in [0.25, 0.3) is 0 Å². The summed E-state index contributed by atoms with van der Waals surface area (Å²) in [6.45, 7) is 8.50. The topological polar surface area (TPSA) is 94.6 Å². The van der Waals surface area contributed by atoms with Crippen LogP contribution in [0.3, 0.4) is 0 Å². The number of carbonyl (C=O) groups excluding carboxylic acids is 3. The predicted octanol–water partition coefficient (Wildman–Crippen LogP) is 3.39. The van der Waals surface area contributed by atoms with Crippen LogP contribution in [0.5, 0.6) is 0 Å². The summed E-state index contributed by atoms with van der Waals surface area (Å²) in [6, 6.07) is 4.75. The lowest BCUT2D eigenvalue weighted by atomic mass is 9.87. The first kappa shape index (κ1) is 28.3. The Bertz CT molecular complexity index is 1150. The Morgan fingerprint density at radius 3 is 2.50 bits per heavy atom. The molecule has 1 aromatic heterocycles. The largest absolute Gasteiger partial charge is 0.343 e. The van der Waals surface area contributed by atoms with Crippen molar-refractivity contribution in [2.75, 3.05) is 26.7 Å². The van der Waals surface area contributed by atoms with Crippen LogP contribution >= 0.6 is 11.3 Å². The Kier molecular flexibility index (Phi) is 9.27. The Morgan fingerprint density at radius 1 is 1.11 bits per heavy atom. The van der Waals surface area contributed by atoms with E-state index < -0.39 is 17.9 Å². The monoisotopic (exact) mass is 543 g/mol. The average molecular weight is 544 g/mol. The van der Waals surface area contributed by atoms with Gasteiger partial charge in [0.25, 0.3) is 0 Å². The van der Waals surface area contributed by atoms with Crippen LogP contribution in [0.1, 0.15) is 73.6 Å². The number of ketones is 1. The minimum atomic E-state index is -0.610. The van der Waals surface area contributed by atoms with E-state index in [-0.39, 0.29) is 40.8 Å². The quantitative estimate of drug-likeness (QED) is 0.471. The molecule has 0 aliphatic carbocycles. The van der Waals surface area contributed by atoms with Crippen molar-refractivity contribution in [3.8, 4) is 0 Å². The number of thiazole rings is 1. The van der Waals surface area contributed by atoms with Gasteiger partial charge in [-0.05, 0) is 84.6 Å². The van der Waals surface area contributed by atoms with Crippen molar-refractivity contribution >= 4 is 28.9 Å². The summed E-state index contributed by atoms with van der Waals surface area (Å²) in [5.41, 5.74) is 0.499. The second-order valence-electron chi connectivity index (χ2n) is 10.6. The smallest absolute Gasteiger partial charge is 0.246 e. The third-order valence-electron chi connectivity index (χ3n) is 7.83. The molecular formula is C28H38FN5O3S. The number of nitrogens with one attached hydrogen (secondary N) is 2. The summed E-state index contributed by atoms with van der Waals surface area (Å²) in [4.78, 5) is 48.6. The number of aromatic nitrogens is 1. The first-order chi connectivity index (χ1) is 18.2. The molecule has 2 amide bonds. The summed E-state index contributed by atoms with van der Waals surface area (Å²) in [5.74, 6) is -1.04. The zero-order valence-electron chi connectivity index (χ0n) is 22.6. The van der Waals surface area contributed by atoms with E-state index in [1.165, 1.54) is 29.5 Å². The van der Waals surface area contributed by atoms with E-state index in [0.717, 1.165) is 38.8 Å².